The number of nitrogens with zero attached hydrogens (tertiary/aromatic N) is 5. The molecule has 2 aliphatic heterocycles. The third kappa shape index (κ3) is 3.81. The van der Waals surface area contributed by atoms with Crippen molar-refractivity contribution in [1.29, 1.82) is 0 Å². The molecule has 0 aromatic carbocycles. The van der Waals surface area contributed by atoms with Crippen LogP contribution in [-0.2, 0) is 4.74 Å². The lowest BCUT2D eigenvalue weighted by atomic mass is 10.1. The Morgan fingerprint density at radius 1 is 1.20 bits per heavy atom. The monoisotopic (exact) mass is 449 g/mol. The van der Waals surface area contributed by atoms with Crippen molar-refractivity contribution in [3.8, 4) is 0 Å². The van der Waals surface area contributed by atoms with Crippen LogP contribution in [0.2, 0.25) is 10.4 Å². The summed E-state index contributed by atoms with van der Waals surface area (Å²) < 4.78 is 5.63. The summed E-state index contributed by atoms with van der Waals surface area (Å²) in [7, 11) is 0. The van der Waals surface area contributed by atoms with Crippen molar-refractivity contribution >= 4 is 51.6 Å². The first-order chi connectivity index (χ1) is 14.0. The Morgan fingerprint density at radius 2 is 1.83 bits per heavy atom. The highest BCUT2D eigenvalue weighted by Gasteiger charge is 2.45. The van der Waals surface area contributed by atoms with Crippen LogP contribution < -0.4 is 4.90 Å². The Hall–Kier alpha value is -2.12. The largest absolute Gasteiger partial charge is 0.444 e. The van der Waals surface area contributed by atoms with E-state index in [1.165, 1.54) is 0 Å². The molecule has 2 aliphatic rings. The van der Waals surface area contributed by atoms with E-state index in [-0.39, 0.29) is 23.5 Å². The average molecular weight is 450 g/mol. The quantitative estimate of drug-likeness (QED) is 0.476. The Bertz CT molecular complexity index is 1020. The van der Waals surface area contributed by atoms with E-state index in [0.29, 0.717) is 35.1 Å². The van der Waals surface area contributed by atoms with Crippen LogP contribution in [-0.4, -0.2) is 56.7 Å². The molecule has 1 amide bonds. The van der Waals surface area contributed by atoms with Crippen molar-refractivity contribution in [3.05, 3.63) is 28.8 Å². The van der Waals surface area contributed by atoms with Gasteiger partial charge in [0.15, 0.2) is 0 Å². The molecule has 2 saturated heterocycles. The molecular weight excluding hydrogens is 425 g/mol. The number of carbonyl (C=O) groups excluding carboxylic acids is 1. The first-order valence-corrected chi connectivity index (χ1v) is 10.7. The fourth-order valence-corrected chi connectivity index (χ4v) is 4.80. The van der Waals surface area contributed by atoms with E-state index < -0.39 is 5.60 Å². The van der Waals surface area contributed by atoms with Gasteiger partial charge in [0, 0.05) is 24.8 Å². The molecule has 9 heteroatoms. The van der Waals surface area contributed by atoms with Gasteiger partial charge in [-0.2, -0.15) is 4.98 Å². The Kier molecular flexibility index (Phi) is 5.31. The smallest absolute Gasteiger partial charge is 0.410 e. The van der Waals surface area contributed by atoms with E-state index in [0.717, 1.165) is 23.8 Å². The van der Waals surface area contributed by atoms with E-state index >= 15 is 0 Å². The minimum atomic E-state index is -0.520. The van der Waals surface area contributed by atoms with Crippen molar-refractivity contribution in [3.63, 3.8) is 0 Å². The normalized spacial score (nSPS) is 21.3. The molecule has 0 radical (unpaired) electrons. The summed E-state index contributed by atoms with van der Waals surface area (Å²) in [6.07, 6.45) is 3.28. The number of rotatable bonds is 2. The number of piperazine rings is 1. The predicted octanol–water partition coefficient (Wildman–Crippen LogP) is 4.95. The molecule has 2 atom stereocenters. The molecule has 4 rings (SSSR count). The summed E-state index contributed by atoms with van der Waals surface area (Å²) in [6, 6.07) is 0.117. The summed E-state index contributed by atoms with van der Waals surface area (Å²) in [6.45, 7) is 12.8. The lowest BCUT2D eigenvalue weighted by molar-refractivity contribution is 0.0123. The second kappa shape index (κ2) is 7.54. The van der Waals surface area contributed by atoms with E-state index in [4.69, 9.17) is 27.9 Å². The second-order valence-corrected chi connectivity index (χ2v) is 9.66. The van der Waals surface area contributed by atoms with Gasteiger partial charge in [-0.3, -0.25) is 4.90 Å². The standard InChI is InChI=1S/C21H25Cl2N5O2/c1-11(2)15-16-14(8-24-17(15)22)18(26-19(23)25-16)27-9-12-6-7-13(10-27)28(12)20(29)30-21(3,4)5/h8,12-13H,1,6-7,9-10H2,2-5H3. The number of aromatic nitrogens is 3. The van der Waals surface area contributed by atoms with Gasteiger partial charge >= 0.3 is 6.09 Å². The average Bonchev–Trinajstić information content (AvgIpc) is 2.89. The molecule has 2 aromatic rings. The topological polar surface area (TPSA) is 71.5 Å². The highest BCUT2D eigenvalue weighted by Crippen LogP contribution is 2.37. The molecule has 30 heavy (non-hydrogen) atoms. The lowest BCUT2D eigenvalue weighted by Crippen LogP contribution is -2.57. The molecule has 2 fully saturated rings. The number of hydrogen-bond acceptors (Lipinski definition) is 6. The van der Waals surface area contributed by atoms with Crippen molar-refractivity contribution in [2.24, 2.45) is 0 Å². The number of amides is 1. The van der Waals surface area contributed by atoms with Crippen LogP contribution in [0.15, 0.2) is 12.8 Å². The van der Waals surface area contributed by atoms with E-state index in [1.54, 1.807) is 6.20 Å². The number of anilines is 1. The highest BCUT2D eigenvalue weighted by atomic mass is 35.5. The van der Waals surface area contributed by atoms with Gasteiger partial charge in [-0.1, -0.05) is 18.2 Å². The minimum Gasteiger partial charge on any atom is -0.444 e. The van der Waals surface area contributed by atoms with Crippen LogP contribution >= 0.6 is 23.2 Å². The summed E-state index contributed by atoms with van der Waals surface area (Å²) >= 11 is 12.6. The molecule has 2 bridgehead atoms. The summed E-state index contributed by atoms with van der Waals surface area (Å²) in [4.78, 5) is 30.0. The number of ether oxygens (including phenoxy) is 1. The van der Waals surface area contributed by atoms with Gasteiger partial charge in [0.2, 0.25) is 5.28 Å². The number of fused-ring (bicyclic) bond motifs is 3. The van der Waals surface area contributed by atoms with Crippen LogP contribution in [0.5, 0.6) is 0 Å². The van der Waals surface area contributed by atoms with Gasteiger partial charge in [0.1, 0.15) is 16.6 Å². The van der Waals surface area contributed by atoms with Crippen LogP contribution in [0.1, 0.15) is 46.1 Å². The number of halogens is 2. The third-order valence-electron chi connectivity index (χ3n) is 5.46. The molecule has 4 heterocycles. The van der Waals surface area contributed by atoms with Crippen molar-refractivity contribution in [2.45, 2.75) is 58.2 Å². The van der Waals surface area contributed by atoms with Crippen LogP contribution in [0.3, 0.4) is 0 Å². The van der Waals surface area contributed by atoms with Crippen LogP contribution in [0.25, 0.3) is 16.5 Å². The van der Waals surface area contributed by atoms with Gasteiger partial charge in [-0.25, -0.2) is 14.8 Å². The lowest BCUT2D eigenvalue weighted by Gasteiger charge is -2.42. The maximum absolute atomic E-state index is 12.7. The maximum atomic E-state index is 12.7. The zero-order valence-corrected chi connectivity index (χ0v) is 19.1. The Labute approximate surface area is 186 Å². The Balaban J connectivity index is 1.69. The fraction of sp³-hybridized carbons (Fsp3) is 0.524. The fourth-order valence-electron chi connectivity index (χ4n) is 4.33. The molecule has 0 aliphatic carbocycles. The first kappa shape index (κ1) is 21.1. The Morgan fingerprint density at radius 3 is 2.40 bits per heavy atom. The third-order valence-corrected chi connectivity index (χ3v) is 5.92. The van der Waals surface area contributed by atoms with E-state index in [1.807, 2.05) is 32.6 Å². The molecule has 0 N–H and O–H groups in total. The maximum Gasteiger partial charge on any atom is 0.410 e. The molecule has 0 saturated carbocycles. The number of hydrogen-bond donors (Lipinski definition) is 0. The van der Waals surface area contributed by atoms with Crippen molar-refractivity contribution in [2.75, 3.05) is 18.0 Å². The van der Waals surface area contributed by atoms with Gasteiger partial charge in [0.25, 0.3) is 0 Å². The molecule has 7 nitrogen and oxygen atoms in total. The van der Waals surface area contributed by atoms with Crippen LogP contribution in [0.4, 0.5) is 10.6 Å². The van der Waals surface area contributed by atoms with E-state index in [2.05, 4.69) is 26.4 Å². The first-order valence-electron chi connectivity index (χ1n) is 9.99. The molecule has 0 spiro atoms. The van der Waals surface area contributed by atoms with Crippen LogP contribution in [0, 0.1) is 0 Å². The van der Waals surface area contributed by atoms with Crippen molar-refractivity contribution in [1.82, 2.24) is 19.9 Å². The highest BCUT2D eigenvalue weighted by molar-refractivity contribution is 6.32. The van der Waals surface area contributed by atoms with Gasteiger partial charge in [-0.05, 0) is 57.7 Å². The van der Waals surface area contributed by atoms with Gasteiger partial charge < -0.3 is 9.64 Å². The molecule has 160 valence electrons. The summed E-state index contributed by atoms with van der Waals surface area (Å²) in [5.74, 6) is 0.706. The number of allylic oxidation sites excluding steroid dienone is 1. The van der Waals surface area contributed by atoms with E-state index in [9.17, 15) is 4.79 Å². The minimum absolute atomic E-state index is 0.0586. The van der Waals surface area contributed by atoms with Gasteiger partial charge in [-0.15, -0.1) is 0 Å². The zero-order chi connectivity index (χ0) is 21.8. The predicted molar refractivity (Wildman–Crippen MR) is 119 cm³/mol. The zero-order valence-electron chi connectivity index (χ0n) is 17.6. The molecular formula is C21H25Cl2N5O2. The number of pyridine rings is 1. The van der Waals surface area contributed by atoms with Gasteiger partial charge in [0.05, 0.1) is 23.0 Å². The SMILES string of the molecule is C=C(C)c1c(Cl)ncc2c(N3CC4CCC(C3)N4C(=O)OC(C)(C)C)nc(Cl)nc12. The second-order valence-electron chi connectivity index (χ2n) is 8.96. The molecule has 2 unspecified atom stereocenters. The summed E-state index contributed by atoms with van der Waals surface area (Å²) in [5.41, 5.74) is 1.55. The number of carbonyl (C=O) groups is 1. The van der Waals surface area contributed by atoms with Crippen molar-refractivity contribution < 1.29 is 9.53 Å². The summed E-state index contributed by atoms with van der Waals surface area (Å²) in [5, 5.41) is 1.25. The molecule has 2 aromatic heterocycles.